The molecule has 3 atom stereocenters. The first kappa shape index (κ1) is 49.8. The molecule has 2 aliphatic heterocycles. The van der Waals surface area contributed by atoms with Crippen molar-refractivity contribution in [3.05, 3.63) is 145 Å². The topological polar surface area (TPSA) is 19.6 Å². The first-order valence-corrected chi connectivity index (χ1v) is 29.9. The number of benzene rings is 3. The van der Waals surface area contributed by atoms with Crippen molar-refractivity contribution in [1.29, 1.82) is 0 Å². The van der Waals surface area contributed by atoms with Crippen molar-refractivity contribution in [2.45, 2.75) is 228 Å². The van der Waals surface area contributed by atoms with Gasteiger partial charge in [0.2, 0.25) is 0 Å². The van der Waals surface area contributed by atoms with Crippen molar-refractivity contribution in [3.63, 3.8) is 0 Å². The zero-order valence-corrected chi connectivity index (χ0v) is 49.2. The van der Waals surface area contributed by atoms with Crippen molar-refractivity contribution >= 4 is 34.7 Å². The Kier molecular flexibility index (Phi) is 10.8. The zero-order chi connectivity index (χ0) is 52.9. The van der Waals surface area contributed by atoms with E-state index in [1.54, 1.807) is 27.8 Å². The number of allylic oxidation sites excluding steroid dienone is 7. The lowest BCUT2D eigenvalue weighted by Gasteiger charge is -2.56. The third-order valence-electron chi connectivity index (χ3n) is 22.2. The van der Waals surface area contributed by atoms with E-state index in [1.807, 2.05) is 0 Å². The molecule has 4 heteroatoms. The van der Waals surface area contributed by atoms with E-state index in [2.05, 4.69) is 193 Å². The first-order valence-electron chi connectivity index (χ1n) is 29.9. The van der Waals surface area contributed by atoms with Crippen molar-refractivity contribution in [1.82, 2.24) is 0 Å². The first-order chi connectivity index (χ1) is 35.2. The van der Waals surface area contributed by atoms with E-state index in [0.717, 1.165) is 24.8 Å². The van der Waals surface area contributed by atoms with Crippen molar-refractivity contribution in [2.75, 3.05) is 9.80 Å². The van der Waals surface area contributed by atoms with Crippen LogP contribution in [-0.2, 0) is 21.7 Å². The van der Waals surface area contributed by atoms with Crippen LogP contribution in [0.1, 0.15) is 217 Å². The second-order valence-electron chi connectivity index (χ2n) is 30.8. The highest BCUT2D eigenvalue weighted by Crippen LogP contribution is 2.62. The van der Waals surface area contributed by atoms with Crippen molar-refractivity contribution in [3.8, 4) is 11.1 Å². The Hall–Kier alpha value is -4.70. The lowest BCUT2D eigenvalue weighted by atomic mass is 9.31. The summed E-state index contributed by atoms with van der Waals surface area (Å²) in [7, 11) is 0. The second-order valence-corrected chi connectivity index (χ2v) is 30.8. The Morgan fingerprint density at radius 1 is 0.627 bits per heavy atom. The molecule has 3 heterocycles. The molecular formula is C71H89BN2O. The van der Waals surface area contributed by atoms with Crippen LogP contribution >= 0.6 is 0 Å². The number of hydrogen-bond acceptors (Lipinski definition) is 3. The van der Waals surface area contributed by atoms with Gasteiger partial charge in [-0.3, -0.25) is 0 Å². The smallest absolute Gasteiger partial charge is 0.292 e. The van der Waals surface area contributed by atoms with Crippen LogP contribution < -0.4 is 15.5 Å². The Morgan fingerprint density at radius 2 is 1.24 bits per heavy atom. The highest BCUT2D eigenvalue weighted by Gasteiger charge is 2.57. The molecule has 1 fully saturated rings. The van der Waals surface area contributed by atoms with Gasteiger partial charge in [0.25, 0.3) is 6.71 Å². The molecule has 3 nitrogen and oxygen atoms in total. The van der Waals surface area contributed by atoms with Crippen LogP contribution in [0.4, 0.5) is 11.4 Å². The van der Waals surface area contributed by atoms with Crippen LogP contribution in [0.15, 0.2) is 127 Å². The van der Waals surface area contributed by atoms with E-state index in [0.29, 0.717) is 5.92 Å². The molecular weight excluding hydrogens is 908 g/mol. The van der Waals surface area contributed by atoms with Gasteiger partial charge in [0.05, 0.1) is 29.1 Å². The number of hydrogen-bond donors (Lipinski definition) is 0. The van der Waals surface area contributed by atoms with Gasteiger partial charge in [0.15, 0.2) is 0 Å². The highest BCUT2D eigenvalue weighted by molar-refractivity contribution is 6.88. The van der Waals surface area contributed by atoms with Crippen LogP contribution in [0, 0.1) is 22.2 Å². The Labute approximate surface area is 453 Å². The van der Waals surface area contributed by atoms with E-state index < -0.39 is 0 Å². The summed E-state index contributed by atoms with van der Waals surface area (Å²) < 4.78 is 7.94. The summed E-state index contributed by atoms with van der Waals surface area (Å²) in [6.45, 7) is 40.3. The van der Waals surface area contributed by atoms with E-state index >= 15 is 0 Å². The molecule has 13 rings (SSSR count). The Morgan fingerprint density at radius 3 is 1.91 bits per heavy atom. The summed E-state index contributed by atoms with van der Waals surface area (Å²) in [6, 6.07) is 22.5. The van der Waals surface area contributed by atoms with Gasteiger partial charge < -0.3 is 14.2 Å². The van der Waals surface area contributed by atoms with Crippen molar-refractivity contribution < 1.29 is 4.42 Å². The molecule has 0 N–H and O–H groups in total. The lowest BCUT2D eigenvalue weighted by molar-refractivity contribution is 0.121. The van der Waals surface area contributed by atoms with Gasteiger partial charge in [0.1, 0.15) is 5.58 Å². The molecule has 9 aliphatic rings. The van der Waals surface area contributed by atoms with Crippen LogP contribution in [0.5, 0.6) is 0 Å². The SMILES string of the molecule is CC1=CC2=C(CCCC2)CC1N1c2c(oc3cc4c(cc23)C(C)(C)CCC4(C)C)B2C3=C(CC4C(=C3)C(C)(C)CCC4(C)C)N(c3cc4c(cc3-c3ccccc3)C(C)(C)CCC4(C)C)C3=C2C1CC(C(C)(C)C)=C3. The van der Waals surface area contributed by atoms with Gasteiger partial charge in [-0.1, -0.05) is 169 Å². The molecule has 3 aromatic carbocycles. The van der Waals surface area contributed by atoms with Gasteiger partial charge >= 0.3 is 0 Å². The minimum atomic E-state index is -0.0386. The average molecular weight is 997 g/mol. The minimum Gasteiger partial charge on any atom is -0.468 e. The van der Waals surface area contributed by atoms with Crippen LogP contribution in [0.3, 0.4) is 0 Å². The third-order valence-corrected chi connectivity index (χ3v) is 22.2. The largest absolute Gasteiger partial charge is 0.468 e. The Balaban J connectivity index is 1.17. The summed E-state index contributed by atoms with van der Waals surface area (Å²) >= 11 is 0. The molecule has 4 aromatic rings. The number of furan rings is 1. The zero-order valence-electron chi connectivity index (χ0n) is 49.2. The van der Waals surface area contributed by atoms with Crippen LogP contribution in [0.25, 0.3) is 22.1 Å². The van der Waals surface area contributed by atoms with Gasteiger partial charge in [-0.25, -0.2) is 0 Å². The normalized spacial score (nSPS) is 27.5. The summed E-state index contributed by atoms with van der Waals surface area (Å²) in [5.41, 5.74) is 28.3. The van der Waals surface area contributed by atoms with Gasteiger partial charge in [-0.2, -0.15) is 0 Å². The fraction of sp³-hybridized carbons (Fsp3) is 0.549. The van der Waals surface area contributed by atoms with Crippen molar-refractivity contribution in [2.24, 2.45) is 22.2 Å². The predicted octanol–water partition coefficient (Wildman–Crippen LogP) is 18.6. The molecule has 0 spiro atoms. The van der Waals surface area contributed by atoms with Gasteiger partial charge in [-0.15, -0.1) is 0 Å². The Bertz CT molecular complexity index is 3320. The number of anilines is 2. The molecule has 1 aromatic heterocycles. The maximum atomic E-state index is 7.94. The maximum Gasteiger partial charge on any atom is 0.292 e. The monoisotopic (exact) mass is 997 g/mol. The maximum absolute atomic E-state index is 7.94. The lowest BCUT2D eigenvalue weighted by Crippen LogP contribution is -2.61. The molecule has 3 unspecified atom stereocenters. The summed E-state index contributed by atoms with van der Waals surface area (Å²) in [5.74, 6) is 0.433. The number of nitrogens with zero attached hydrogens (tertiary/aromatic N) is 2. The average Bonchev–Trinajstić information content (AvgIpc) is 3.80. The fourth-order valence-electron chi connectivity index (χ4n) is 16.8. The van der Waals surface area contributed by atoms with Gasteiger partial charge in [-0.05, 0) is 209 Å². The molecule has 0 bridgehead atoms. The standard InChI is InChI=1S/C71H89BN2O/c1-42-32-44-24-20-21-25-45(44)33-56(42)74-60-35-46(65(2,3)4)34-59-62(60)72(64-63(74)48-37-50-54(41-61(48)75-64)71(15,16)31-27-67(50,7)8)55-38-51-53(70(13,14)30-28-68(51,9)10)40-58(55)73(59)57-39-52-49(66(5,6)26-29-69(52,11)12)36-47(57)43-22-18-17-19-23-43/h17-19,22-23,32,34,36-39,41,53,56,60H,20-21,24-31,33,35,40H2,1-16H3. The molecule has 7 aliphatic carbocycles. The second kappa shape index (κ2) is 16.2. The number of rotatable bonds is 3. The third kappa shape index (κ3) is 7.45. The van der Waals surface area contributed by atoms with E-state index in [1.165, 1.54) is 142 Å². The number of fused-ring (bicyclic) bond motifs is 8. The van der Waals surface area contributed by atoms with E-state index in [9.17, 15) is 0 Å². The minimum absolute atomic E-state index is 0.00511. The van der Waals surface area contributed by atoms with Gasteiger partial charge in [0, 0.05) is 22.3 Å². The summed E-state index contributed by atoms with van der Waals surface area (Å²) in [5, 5.41) is 1.34. The van der Waals surface area contributed by atoms with Crippen LogP contribution in [-0.4, -0.2) is 18.8 Å². The summed E-state index contributed by atoms with van der Waals surface area (Å²) in [4.78, 5) is 5.95. The van der Waals surface area contributed by atoms with E-state index in [4.69, 9.17) is 4.42 Å². The fourth-order valence-corrected chi connectivity index (χ4v) is 16.8. The molecule has 0 amide bonds. The predicted molar refractivity (Wildman–Crippen MR) is 320 cm³/mol. The quantitative estimate of drug-likeness (QED) is 0.191. The molecule has 392 valence electrons. The highest BCUT2D eigenvalue weighted by atomic mass is 16.3. The summed E-state index contributed by atoms with van der Waals surface area (Å²) in [6.07, 6.45) is 23.6. The van der Waals surface area contributed by atoms with Crippen LogP contribution in [0.2, 0.25) is 0 Å². The molecule has 0 radical (unpaired) electrons. The van der Waals surface area contributed by atoms with E-state index in [-0.39, 0.29) is 56.7 Å². The molecule has 75 heavy (non-hydrogen) atoms. The molecule has 1 saturated carbocycles. The molecule has 0 saturated heterocycles.